The van der Waals surface area contributed by atoms with Gasteiger partial charge < -0.3 is 5.32 Å². The van der Waals surface area contributed by atoms with Gasteiger partial charge in [-0.1, -0.05) is 0 Å². The van der Waals surface area contributed by atoms with Gasteiger partial charge in [0, 0.05) is 32.0 Å². The fraction of sp³-hybridized carbons (Fsp3) is 0.455. The van der Waals surface area contributed by atoms with E-state index < -0.39 is 0 Å². The first-order valence-electron chi connectivity index (χ1n) is 5.75. The molecule has 0 spiro atoms. The molecule has 2 heterocycles. The number of aromatic amines is 1. The molecule has 0 atom stereocenters. The van der Waals surface area contributed by atoms with Crippen LogP contribution in [-0.2, 0) is 20.9 Å². The number of hydrogen-bond donors (Lipinski definition) is 2. The zero-order valence-electron chi connectivity index (χ0n) is 9.81. The van der Waals surface area contributed by atoms with Gasteiger partial charge in [0.15, 0.2) is 0 Å². The van der Waals surface area contributed by atoms with Gasteiger partial charge in [-0.05, 0) is 6.07 Å². The molecule has 7 heteroatoms. The van der Waals surface area contributed by atoms with E-state index in [4.69, 9.17) is 0 Å². The van der Waals surface area contributed by atoms with Gasteiger partial charge in [-0.3, -0.25) is 24.4 Å². The van der Waals surface area contributed by atoms with Crippen LogP contribution in [0.5, 0.6) is 0 Å². The Balaban J connectivity index is 1.71. The van der Waals surface area contributed by atoms with Crippen LogP contribution in [-0.4, -0.2) is 39.4 Å². The molecule has 0 bridgehead atoms. The topological polar surface area (TPSA) is 95.2 Å². The first kappa shape index (κ1) is 12.3. The normalized spacial score (nSPS) is 15.2. The number of carbonyl (C=O) groups excluding carboxylic acids is 3. The third-order valence-corrected chi connectivity index (χ3v) is 2.75. The second-order valence-electron chi connectivity index (χ2n) is 4.05. The largest absolute Gasteiger partial charge is 0.350 e. The predicted octanol–water partition coefficient (Wildman–Crippen LogP) is -0.435. The Labute approximate surface area is 104 Å². The molecule has 1 aromatic rings. The minimum absolute atomic E-state index is 0.131. The first-order valence-corrected chi connectivity index (χ1v) is 5.75. The van der Waals surface area contributed by atoms with E-state index in [-0.39, 0.29) is 43.5 Å². The van der Waals surface area contributed by atoms with Crippen molar-refractivity contribution in [2.45, 2.75) is 25.8 Å². The average Bonchev–Trinajstić information content (AvgIpc) is 2.96. The maximum Gasteiger partial charge on any atom is 0.229 e. The number of nitrogens with zero attached hydrogens (tertiary/aromatic N) is 2. The molecular weight excluding hydrogens is 236 g/mol. The first-order chi connectivity index (χ1) is 8.66. The van der Waals surface area contributed by atoms with Crippen LogP contribution < -0.4 is 5.32 Å². The fourth-order valence-electron chi connectivity index (χ4n) is 1.75. The monoisotopic (exact) mass is 250 g/mol. The van der Waals surface area contributed by atoms with E-state index in [9.17, 15) is 14.4 Å². The second kappa shape index (κ2) is 5.44. The van der Waals surface area contributed by atoms with Crippen molar-refractivity contribution in [1.82, 2.24) is 20.4 Å². The highest BCUT2D eigenvalue weighted by atomic mass is 16.2. The van der Waals surface area contributed by atoms with E-state index >= 15 is 0 Å². The Morgan fingerprint density at radius 3 is 2.72 bits per heavy atom. The molecule has 1 fully saturated rings. The van der Waals surface area contributed by atoms with Gasteiger partial charge in [0.1, 0.15) is 0 Å². The molecule has 2 N–H and O–H groups in total. The summed E-state index contributed by atoms with van der Waals surface area (Å²) in [4.78, 5) is 35.3. The van der Waals surface area contributed by atoms with Crippen molar-refractivity contribution in [2.24, 2.45) is 0 Å². The van der Waals surface area contributed by atoms with Gasteiger partial charge in [0.25, 0.3) is 0 Å². The molecule has 1 saturated heterocycles. The summed E-state index contributed by atoms with van der Waals surface area (Å²) in [6, 6.07) is 1.76. The summed E-state index contributed by atoms with van der Waals surface area (Å²) in [5.74, 6) is -0.583. The van der Waals surface area contributed by atoms with Crippen molar-refractivity contribution in [3.63, 3.8) is 0 Å². The number of carbonyl (C=O) groups is 3. The Morgan fingerprint density at radius 2 is 2.11 bits per heavy atom. The zero-order chi connectivity index (χ0) is 13.0. The summed E-state index contributed by atoms with van der Waals surface area (Å²) in [5.41, 5.74) is 0.802. The van der Waals surface area contributed by atoms with Gasteiger partial charge in [-0.15, -0.1) is 0 Å². The second-order valence-corrected chi connectivity index (χ2v) is 4.05. The average molecular weight is 250 g/mol. The summed E-state index contributed by atoms with van der Waals surface area (Å²) < 4.78 is 0. The maximum absolute atomic E-state index is 11.5. The lowest BCUT2D eigenvalue weighted by Crippen LogP contribution is -2.34. The van der Waals surface area contributed by atoms with Crippen LogP contribution in [0.4, 0.5) is 0 Å². The molecule has 0 aliphatic carbocycles. The van der Waals surface area contributed by atoms with Crippen molar-refractivity contribution in [2.75, 3.05) is 6.54 Å². The van der Waals surface area contributed by atoms with E-state index in [0.717, 1.165) is 10.6 Å². The molecule has 0 unspecified atom stereocenters. The van der Waals surface area contributed by atoms with E-state index in [1.807, 2.05) is 0 Å². The van der Waals surface area contributed by atoms with Crippen LogP contribution in [0.3, 0.4) is 0 Å². The smallest absolute Gasteiger partial charge is 0.229 e. The molecule has 18 heavy (non-hydrogen) atoms. The molecule has 96 valence electrons. The number of H-pyrrole nitrogens is 1. The van der Waals surface area contributed by atoms with E-state index in [1.165, 1.54) is 0 Å². The van der Waals surface area contributed by atoms with Crippen LogP contribution >= 0.6 is 0 Å². The van der Waals surface area contributed by atoms with Crippen LogP contribution in [0.25, 0.3) is 0 Å². The highest BCUT2D eigenvalue weighted by Crippen LogP contribution is 2.11. The fourth-order valence-corrected chi connectivity index (χ4v) is 1.75. The Kier molecular flexibility index (Phi) is 3.71. The number of likely N-dealkylation sites (tertiary alicyclic amines) is 1. The Bertz CT molecular complexity index is 439. The van der Waals surface area contributed by atoms with Crippen LogP contribution in [0, 0.1) is 0 Å². The van der Waals surface area contributed by atoms with Gasteiger partial charge in [-0.2, -0.15) is 5.10 Å². The third kappa shape index (κ3) is 2.93. The SMILES string of the molecule is O=C(CCN1C(=O)CCC1=O)NCc1ccn[nH]1. The van der Waals surface area contributed by atoms with E-state index in [0.29, 0.717) is 6.54 Å². The molecule has 2 rings (SSSR count). The summed E-state index contributed by atoms with van der Waals surface area (Å²) in [5, 5.41) is 9.15. The number of amides is 3. The molecule has 1 aromatic heterocycles. The summed E-state index contributed by atoms with van der Waals surface area (Å²) in [7, 11) is 0. The van der Waals surface area contributed by atoms with Crippen molar-refractivity contribution < 1.29 is 14.4 Å². The quantitative estimate of drug-likeness (QED) is 0.693. The molecule has 1 aliphatic rings. The van der Waals surface area contributed by atoms with Crippen molar-refractivity contribution in [1.29, 1.82) is 0 Å². The zero-order valence-corrected chi connectivity index (χ0v) is 9.81. The summed E-state index contributed by atoms with van der Waals surface area (Å²) in [6.07, 6.45) is 2.25. The standard InChI is InChI=1S/C11H14N4O3/c16-9(12-7-8-3-5-13-14-8)4-6-15-10(17)1-2-11(15)18/h3,5H,1-2,4,6-7H2,(H,12,16)(H,13,14). The number of rotatable bonds is 5. The van der Waals surface area contributed by atoms with E-state index in [1.54, 1.807) is 12.3 Å². The summed E-state index contributed by atoms with van der Waals surface area (Å²) >= 11 is 0. The highest BCUT2D eigenvalue weighted by Gasteiger charge is 2.28. The molecule has 0 radical (unpaired) electrons. The highest BCUT2D eigenvalue weighted by molar-refractivity contribution is 6.02. The Hall–Kier alpha value is -2.18. The lowest BCUT2D eigenvalue weighted by molar-refractivity contribution is -0.138. The van der Waals surface area contributed by atoms with Crippen molar-refractivity contribution in [3.8, 4) is 0 Å². The van der Waals surface area contributed by atoms with Crippen molar-refractivity contribution in [3.05, 3.63) is 18.0 Å². The van der Waals surface area contributed by atoms with Gasteiger partial charge in [0.2, 0.25) is 17.7 Å². The third-order valence-electron chi connectivity index (χ3n) is 2.75. The molecule has 0 aromatic carbocycles. The maximum atomic E-state index is 11.5. The van der Waals surface area contributed by atoms with Gasteiger partial charge in [-0.25, -0.2) is 0 Å². The minimum Gasteiger partial charge on any atom is -0.350 e. The summed E-state index contributed by atoms with van der Waals surface area (Å²) in [6.45, 7) is 0.521. The molecule has 0 saturated carbocycles. The van der Waals surface area contributed by atoms with Crippen LogP contribution in [0.15, 0.2) is 12.3 Å². The Morgan fingerprint density at radius 1 is 1.39 bits per heavy atom. The number of aromatic nitrogens is 2. The van der Waals surface area contributed by atoms with Crippen molar-refractivity contribution >= 4 is 17.7 Å². The van der Waals surface area contributed by atoms with Gasteiger partial charge in [0.05, 0.1) is 12.2 Å². The number of nitrogens with one attached hydrogen (secondary N) is 2. The van der Waals surface area contributed by atoms with Gasteiger partial charge >= 0.3 is 0 Å². The predicted molar refractivity (Wildman–Crippen MR) is 61.0 cm³/mol. The molecular formula is C11H14N4O3. The lowest BCUT2D eigenvalue weighted by Gasteiger charge is -2.12. The number of imide groups is 1. The minimum atomic E-state index is -0.197. The van der Waals surface area contributed by atoms with Crippen LogP contribution in [0.1, 0.15) is 25.0 Å². The molecule has 7 nitrogen and oxygen atoms in total. The number of hydrogen-bond acceptors (Lipinski definition) is 4. The lowest BCUT2D eigenvalue weighted by atomic mass is 10.3. The molecule has 1 aliphatic heterocycles. The molecule has 3 amide bonds. The van der Waals surface area contributed by atoms with E-state index in [2.05, 4.69) is 15.5 Å². The van der Waals surface area contributed by atoms with Crippen LogP contribution in [0.2, 0.25) is 0 Å².